The van der Waals surface area contributed by atoms with E-state index < -0.39 is 6.04 Å². The van der Waals surface area contributed by atoms with Crippen molar-refractivity contribution >= 4 is 11.9 Å². The zero-order valence-corrected chi connectivity index (χ0v) is 12.8. The first-order valence-corrected chi connectivity index (χ1v) is 7.98. The van der Waals surface area contributed by atoms with Crippen molar-refractivity contribution in [2.75, 3.05) is 32.8 Å². The molecular weight excluding hydrogens is 272 g/mol. The molecule has 0 bridgehead atoms. The first-order chi connectivity index (χ1) is 10.1. The fourth-order valence-electron chi connectivity index (χ4n) is 3.07. The lowest BCUT2D eigenvalue weighted by Gasteiger charge is -2.36. The Bertz CT molecular complexity index is 367. The number of piperidine rings is 2. The molecule has 6 heteroatoms. The Morgan fingerprint density at radius 2 is 1.86 bits per heavy atom. The number of aliphatic hydroxyl groups is 1. The Hall–Kier alpha value is -1.14. The maximum Gasteiger partial charge on any atom is 0.328 e. The van der Waals surface area contributed by atoms with Crippen molar-refractivity contribution < 1.29 is 19.4 Å². The number of carbonyl (C=O) groups is 2. The van der Waals surface area contributed by atoms with Crippen LogP contribution in [-0.4, -0.2) is 71.7 Å². The van der Waals surface area contributed by atoms with Gasteiger partial charge in [0, 0.05) is 19.6 Å². The number of hydrogen-bond donors (Lipinski definition) is 1. The lowest BCUT2D eigenvalue weighted by molar-refractivity contribution is -0.157. The third-order valence-corrected chi connectivity index (χ3v) is 4.30. The number of hydrogen-bond acceptors (Lipinski definition) is 5. The molecule has 2 aliphatic rings. The van der Waals surface area contributed by atoms with E-state index in [0.717, 1.165) is 25.9 Å². The minimum absolute atomic E-state index is 0.00384. The van der Waals surface area contributed by atoms with E-state index in [9.17, 15) is 14.7 Å². The zero-order chi connectivity index (χ0) is 15.2. The number of esters is 1. The molecule has 1 N–H and O–H groups in total. The standard InChI is InChI=1S/C15H26N2O4/c1-2-21-15(20)13-5-3-4-8-17(13)14(19)11-16-9-6-12(18)7-10-16/h12-13,18H,2-11H2,1H3. The maximum atomic E-state index is 12.5. The quantitative estimate of drug-likeness (QED) is 0.760. The molecule has 0 spiro atoms. The fraction of sp³-hybridized carbons (Fsp3) is 0.867. The first kappa shape index (κ1) is 16.2. The second-order valence-electron chi connectivity index (χ2n) is 5.86. The van der Waals surface area contributed by atoms with Crippen LogP contribution in [0.2, 0.25) is 0 Å². The molecule has 1 unspecified atom stereocenters. The van der Waals surface area contributed by atoms with Crippen LogP contribution < -0.4 is 0 Å². The van der Waals surface area contributed by atoms with E-state index in [1.54, 1.807) is 11.8 Å². The summed E-state index contributed by atoms with van der Waals surface area (Å²) < 4.78 is 5.09. The summed E-state index contributed by atoms with van der Waals surface area (Å²) in [5.41, 5.74) is 0. The third kappa shape index (κ3) is 4.41. The zero-order valence-electron chi connectivity index (χ0n) is 12.8. The van der Waals surface area contributed by atoms with Crippen molar-refractivity contribution in [1.29, 1.82) is 0 Å². The molecule has 0 aromatic carbocycles. The summed E-state index contributed by atoms with van der Waals surface area (Å²) in [6.07, 6.45) is 3.80. The SMILES string of the molecule is CCOC(=O)C1CCCCN1C(=O)CN1CCC(O)CC1. The molecule has 2 fully saturated rings. The average molecular weight is 298 g/mol. The summed E-state index contributed by atoms with van der Waals surface area (Å²) in [6.45, 7) is 4.59. The van der Waals surface area contributed by atoms with Gasteiger partial charge in [-0.05, 0) is 39.0 Å². The van der Waals surface area contributed by atoms with Crippen LogP contribution in [-0.2, 0) is 14.3 Å². The Morgan fingerprint density at radius 1 is 1.14 bits per heavy atom. The van der Waals surface area contributed by atoms with E-state index in [2.05, 4.69) is 4.90 Å². The summed E-state index contributed by atoms with van der Waals surface area (Å²) in [6, 6.07) is -0.415. The highest BCUT2D eigenvalue weighted by atomic mass is 16.5. The van der Waals surface area contributed by atoms with Crippen LogP contribution in [0.4, 0.5) is 0 Å². The van der Waals surface area contributed by atoms with E-state index in [4.69, 9.17) is 4.74 Å². The molecule has 2 rings (SSSR count). The van der Waals surface area contributed by atoms with Gasteiger partial charge in [0.05, 0.1) is 19.3 Å². The second kappa shape index (κ2) is 7.75. The van der Waals surface area contributed by atoms with Gasteiger partial charge in [0.25, 0.3) is 0 Å². The van der Waals surface area contributed by atoms with Gasteiger partial charge in [-0.1, -0.05) is 0 Å². The Morgan fingerprint density at radius 3 is 2.52 bits per heavy atom. The van der Waals surface area contributed by atoms with Crippen LogP contribution in [0.1, 0.15) is 39.0 Å². The molecule has 2 aliphatic heterocycles. The van der Waals surface area contributed by atoms with Gasteiger partial charge in [-0.25, -0.2) is 4.79 Å². The number of likely N-dealkylation sites (tertiary alicyclic amines) is 2. The lowest BCUT2D eigenvalue weighted by atomic mass is 10.0. The molecule has 2 saturated heterocycles. The Kier molecular flexibility index (Phi) is 5.99. The van der Waals surface area contributed by atoms with Crippen molar-refractivity contribution in [2.45, 2.75) is 51.2 Å². The molecule has 0 aromatic rings. The van der Waals surface area contributed by atoms with Crippen LogP contribution in [0, 0.1) is 0 Å². The molecule has 21 heavy (non-hydrogen) atoms. The van der Waals surface area contributed by atoms with Gasteiger partial charge < -0.3 is 14.7 Å². The van der Waals surface area contributed by atoms with E-state index in [1.807, 2.05) is 0 Å². The number of carbonyl (C=O) groups excluding carboxylic acids is 2. The van der Waals surface area contributed by atoms with Crippen molar-refractivity contribution in [1.82, 2.24) is 9.80 Å². The molecular formula is C15H26N2O4. The molecule has 6 nitrogen and oxygen atoms in total. The highest BCUT2D eigenvalue weighted by Gasteiger charge is 2.33. The number of nitrogens with zero attached hydrogens (tertiary/aromatic N) is 2. The Labute approximate surface area is 126 Å². The largest absolute Gasteiger partial charge is 0.464 e. The van der Waals surface area contributed by atoms with Crippen LogP contribution in [0.25, 0.3) is 0 Å². The maximum absolute atomic E-state index is 12.5. The minimum atomic E-state index is -0.415. The van der Waals surface area contributed by atoms with Crippen molar-refractivity contribution in [2.24, 2.45) is 0 Å². The van der Waals surface area contributed by atoms with E-state index in [1.165, 1.54) is 0 Å². The molecule has 1 amide bonds. The predicted molar refractivity (Wildman–Crippen MR) is 77.7 cm³/mol. The second-order valence-corrected chi connectivity index (χ2v) is 5.86. The van der Waals surface area contributed by atoms with Crippen molar-refractivity contribution in [3.05, 3.63) is 0 Å². The molecule has 0 aromatic heterocycles. The minimum Gasteiger partial charge on any atom is -0.464 e. The molecule has 2 heterocycles. The Balaban J connectivity index is 1.90. The third-order valence-electron chi connectivity index (χ3n) is 4.30. The number of aliphatic hydroxyl groups excluding tert-OH is 1. The summed E-state index contributed by atoms with van der Waals surface area (Å²) in [7, 11) is 0. The smallest absolute Gasteiger partial charge is 0.328 e. The van der Waals surface area contributed by atoms with E-state index in [-0.39, 0.29) is 18.0 Å². The summed E-state index contributed by atoms with van der Waals surface area (Å²) in [5.74, 6) is -0.274. The first-order valence-electron chi connectivity index (χ1n) is 7.98. The molecule has 120 valence electrons. The van der Waals surface area contributed by atoms with Gasteiger partial charge >= 0.3 is 5.97 Å². The molecule has 0 aliphatic carbocycles. The fourth-order valence-corrected chi connectivity index (χ4v) is 3.07. The van der Waals surface area contributed by atoms with Crippen LogP contribution in [0.5, 0.6) is 0 Å². The topological polar surface area (TPSA) is 70.1 Å². The van der Waals surface area contributed by atoms with E-state index in [0.29, 0.717) is 39.0 Å². The van der Waals surface area contributed by atoms with Gasteiger partial charge in [0.1, 0.15) is 6.04 Å². The number of ether oxygens (including phenoxy) is 1. The van der Waals surface area contributed by atoms with Crippen molar-refractivity contribution in [3.8, 4) is 0 Å². The highest BCUT2D eigenvalue weighted by molar-refractivity contribution is 5.85. The van der Waals surface area contributed by atoms with Crippen molar-refractivity contribution in [3.63, 3.8) is 0 Å². The molecule has 1 atom stereocenters. The summed E-state index contributed by atoms with van der Waals surface area (Å²) in [4.78, 5) is 28.2. The molecule has 0 saturated carbocycles. The molecule has 0 radical (unpaired) electrons. The highest BCUT2D eigenvalue weighted by Crippen LogP contribution is 2.19. The monoisotopic (exact) mass is 298 g/mol. The number of rotatable bonds is 4. The van der Waals surface area contributed by atoms with Crippen LogP contribution >= 0.6 is 0 Å². The van der Waals surface area contributed by atoms with Gasteiger partial charge in [-0.2, -0.15) is 0 Å². The van der Waals surface area contributed by atoms with Gasteiger partial charge in [-0.15, -0.1) is 0 Å². The van der Waals surface area contributed by atoms with Crippen LogP contribution in [0.15, 0.2) is 0 Å². The van der Waals surface area contributed by atoms with Gasteiger partial charge in [0.15, 0.2) is 0 Å². The summed E-state index contributed by atoms with van der Waals surface area (Å²) >= 11 is 0. The van der Waals surface area contributed by atoms with Crippen LogP contribution in [0.3, 0.4) is 0 Å². The predicted octanol–water partition coefficient (Wildman–Crippen LogP) is 0.387. The van der Waals surface area contributed by atoms with E-state index >= 15 is 0 Å². The van der Waals surface area contributed by atoms with Gasteiger partial charge in [0.2, 0.25) is 5.91 Å². The normalized spacial score (nSPS) is 24.9. The lowest BCUT2D eigenvalue weighted by Crippen LogP contribution is -2.52. The summed E-state index contributed by atoms with van der Waals surface area (Å²) in [5, 5.41) is 9.50. The average Bonchev–Trinajstić information content (AvgIpc) is 2.50. The number of amides is 1. The van der Waals surface area contributed by atoms with Gasteiger partial charge in [-0.3, -0.25) is 9.69 Å².